The molecular formula is C10H11NO3S. The Bertz CT molecular complexity index is 406. The first-order valence-corrected chi connectivity index (χ1v) is 4.86. The Balaban J connectivity index is 2.39. The maximum atomic E-state index is 5.50. The van der Waals surface area contributed by atoms with Crippen LogP contribution in [0.15, 0.2) is 12.1 Å². The van der Waals surface area contributed by atoms with Crippen molar-refractivity contribution in [3.8, 4) is 17.2 Å². The van der Waals surface area contributed by atoms with Gasteiger partial charge in [0.1, 0.15) is 5.75 Å². The summed E-state index contributed by atoms with van der Waals surface area (Å²) in [5.74, 6) is 2.12. The van der Waals surface area contributed by atoms with E-state index < -0.39 is 0 Å². The van der Waals surface area contributed by atoms with E-state index in [-0.39, 0.29) is 6.79 Å². The average molecular weight is 225 g/mol. The first kappa shape index (κ1) is 10.0. The molecule has 1 aliphatic rings. The largest absolute Gasteiger partial charge is 0.496 e. The van der Waals surface area contributed by atoms with Gasteiger partial charge >= 0.3 is 0 Å². The molecule has 0 atom stereocenters. The summed E-state index contributed by atoms with van der Waals surface area (Å²) in [6, 6.07) is 3.64. The van der Waals surface area contributed by atoms with E-state index in [4.69, 9.17) is 32.2 Å². The van der Waals surface area contributed by atoms with E-state index in [1.54, 1.807) is 13.2 Å². The Morgan fingerprint density at radius 1 is 1.47 bits per heavy atom. The van der Waals surface area contributed by atoms with Crippen molar-refractivity contribution in [3.05, 3.63) is 17.7 Å². The third-order valence-electron chi connectivity index (χ3n) is 2.14. The molecule has 0 fully saturated rings. The summed E-state index contributed by atoms with van der Waals surface area (Å²) in [5, 5.41) is 0. The fraction of sp³-hybridized carbons (Fsp3) is 0.300. The third-order valence-corrected chi connectivity index (χ3v) is 2.28. The van der Waals surface area contributed by atoms with Crippen LogP contribution < -0.4 is 19.9 Å². The normalized spacial score (nSPS) is 12.6. The van der Waals surface area contributed by atoms with Crippen LogP contribution in [0.1, 0.15) is 5.56 Å². The fourth-order valence-corrected chi connectivity index (χ4v) is 1.64. The predicted octanol–water partition coefficient (Wildman–Crippen LogP) is 1.25. The van der Waals surface area contributed by atoms with Gasteiger partial charge in [0, 0.05) is 18.1 Å². The lowest BCUT2D eigenvalue weighted by Gasteiger charge is -2.08. The van der Waals surface area contributed by atoms with Crippen molar-refractivity contribution in [3.63, 3.8) is 0 Å². The molecule has 15 heavy (non-hydrogen) atoms. The lowest BCUT2D eigenvalue weighted by Crippen LogP contribution is -2.11. The van der Waals surface area contributed by atoms with Crippen LogP contribution in [-0.4, -0.2) is 18.9 Å². The molecule has 2 N–H and O–H groups in total. The summed E-state index contributed by atoms with van der Waals surface area (Å²) >= 11 is 4.86. The number of ether oxygens (including phenoxy) is 3. The highest BCUT2D eigenvalue weighted by molar-refractivity contribution is 7.80. The van der Waals surface area contributed by atoms with Crippen LogP contribution in [0, 0.1) is 0 Å². The number of fused-ring (bicyclic) bond motifs is 1. The smallest absolute Gasteiger partial charge is 0.231 e. The Morgan fingerprint density at radius 2 is 2.13 bits per heavy atom. The lowest BCUT2D eigenvalue weighted by molar-refractivity contribution is 0.174. The van der Waals surface area contributed by atoms with Gasteiger partial charge in [0.2, 0.25) is 6.79 Å². The van der Waals surface area contributed by atoms with E-state index in [2.05, 4.69) is 0 Å². The van der Waals surface area contributed by atoms with E-state index >= 15 is 0 Å². The zero-order valence-electron chi connectivity index (χ0n) is 8.28. The van der Waals surface area contributed by atoms with Gasteiger partial charge in [-0.05, 0) is 6.07 Å². The van der Waals surface area contributed by atoms with Crippen LogP contribution >= 0.6 is 12.2 Å². The van der Waals surface area contributed by atoms with Gasteiger partial charge in [-0.25, -0.2) is 0 Å². The van der Waals surface area contributed by atoms with Gasteiger partial charge in [-0.1, -0.05) is 12.2 Å². The Labute approximate surface area is 92.9 Å². The zero-order valence-corrected chi connectivity index (χ0v) is 9.10. The molecule has 1 aromatic rings. The highest BCUT2D eigenvalue weighted by atomic mass is 32.1. The van der Waals surface area contributed by atoms with Crippen LogP contribution in [0.3, 0.4) is 0 Å². The maximum absolute atomic E-state index is 5.50. The van der Waals surface area contributed by atoms with Crippen molar-refractivity contribution in [1.29, 1.82) is 0 Å². The molecule has 0 spiro atoms. The SMILES string of the molecule is COc1cc2c(cc1CC(N)=S)OCO2. The molecule has 0 saturated carbocycles. The maximum Gasteiger partial charge on any atom is 0.231 e. The summed E-state index contributed by atoms with van der Waals surface area (Å²) in [7, 11) is 1.60. The molecule has 5 heteroatoms. The lowest BCUT2D eigenvalue weighted by atomic mass is 10.1. The van der Waals surface area contributed by atoms with Gasteiger partial charge in [-0.3, -0.25) is 0 Å². The second-order valence-corrected chi connectivity index (χ2v) is 3.68. The number of methoxy groups -OCH3 is 1. The molecule has 80 valence electrons. The topological polar surface area (TPSA) is 53.7 Å². The molecule has 4 nitrogen and oxygen atoms in total. The van der Waals surface area contributed by atoms with Crippen molar-refractivity contribution in [2.45, 2.75) is 6.42 Å². The summed E-state index contributed by atoms with van der Waals surface area (Å²) in [5.41, 5.74) is 6.41. The number of hydrogen-bond donors (Lipinski definition) is 1. The minimum Gasteiger partial charge on any atom is -0.496 e. The minimum absolute atomic E-state index is 0.245. The van der Waals surface area contributed by atoms with Gasteiger partial charge in [0.15, 0.2) is 11.5 Å². The van der Waals surface area contributed by atoms with Crippen LogP contribution in [0.4, 0.5) is 0 Å². The second-order valence-electron chi connectivity index (χ2n) is 3.16. The van der Waals surface area contributed by atoms with E-state index in [9.17, 15) is 0 Å². The summed E-state index contributed by atoms with van der Waals surface area (Å²) in [6.07, 6.45) is 0.495. The van der Waals surface area contributed by atoms with Gasteiger partial charge in [-0.15, -0.1) is 0 Å². The molecule has 0 aromatic heterocycles. The molecule has 0 amide bonds. The van der Waals surface area contributed by atoms with Crippen LogP contribution in [0.2, 0.25) is 0 Å². The summed E-state index contributed by atoms with van der Waals surface area (Å²) in [4.78, 5) is 0.423. The van der Waals surface area contributed by atoms with E-state index in [0.717, 1.165) is 5.56 Å². The summed E-state index contributed by atoms with van der Waals surface area (Å²) < 4.78 is 15.7. The van der Waals surface area contributed by atoms with E-state index in [0.29, 0.717) is 28.7 Å². The van der Waals surface area contributed by atoms with Crippen molar-refractivity contribution in [2.24, 2.45) is 5.73 Å². The Morgan fingerprint density at radius 3 is 2.73 bits per heavy atom. The molecule has 1 aromatic carbocycles. The third kappa shape index (κ3) is 1.97. The Hall–Kier alpha value is -1.49. The van der Waals surface area contributed by atoms with Crippen LogP contribution in [0.25, 0.3) is 0 Å². The van der Waals surface area contributed by atoms with Crippen molar-refractivity contribution in [2.75, 3.05) is 13.9 Å². The fourth-order valence-electron chi connectivity index (χ4n) is 1.48. The predicted molar refractivity (Wildman–Crippen MR) is 59.6 cm³/mol. The molecule has 2 rings (SSSR count). The molecule has 0 aliphatic carbocycles. The molecule has 0 saturated heterocycles. The summed E-state index contributed by atoms with van der Waals surface area (Å²) in [6.45, 7) is 0.245. The van der Waals surface area contributed by atoms with Gasteiger partial charge in [0.25, 0.3) is 0 Å². The highest BCUT2D eigenvalue weighted by Gasteiger charge is 2.17. The van der Waals surface area contributed by atoms with Gasteiger partial charge in [0.05, 0.1) is 12.1 Å². The van der Waals surface area contributed by atoms with Crippen LogP contribution in [0.5, 0.6) is 17.2 Å². The number of benzene rings is 1. The van der Waals surface area contributed by atoms with Crippen molar-refractivity contribution in [1.82, 2.24) is 0 Å². The van der Waals surface area contributed by atoms with Gasteiger partial charge in [-0.2, -0.15) is 0 Å². The van der Waals surface area contributed by atoms with Crippen molar-refractivity contribution < 1.29 is 14.2 Å². The number of rotatable bonds is 3. The quantitative estimate of drug-likeness (QED) is 0.785. The average Bonchev–Trinajstić information content (AvgIpc) is 2.62. The van der Waals surface area contributed by atoms with E-state index in [1.807, 2.05) is 6.07 Å². The number of thiocarbonyl (C=S) groups is 1. The minimum atomic E-state index is 0.245. The van der Waals surface area contributed by atoms with E-state index in [1.165, 1.54) is 0 Å². The molecule has 0 radical (unpaired) electrons. The zero-order chi connectivity index (χ0) is 10.8. The molecule has 1 aliphatic heterocycles. The molecule has 0 bridgehead atoms. The van der Waals surface area contributed by atoms with Crippen LogP contribution in [-0.2, 0) is 6.42 Å². The number of nitrogens with two attached hydrogens (primary N) is 1. The second kappa shape index (κ2) is 3.94. The van der Waals surface area contributed by atoms with Gasteiger partial charge < -0.3 is 19.9 Å². The first-order chi connectivity index (χ1) is 7.20. The van der Waals surface area contributed by atoms with Crippen molar-refractivity contribution >= 4 is 17.2 Å². The molecule has 1 heterocycles. The monoisotopic (exact) mass is 225 g/mol. The highest BCUT2D eigenvalue weighted by Crippen LogP contribution is 2.38. The first-order valence-electron chi connectivity index (χ1n) is 4.45. The number of hydrogen-bond acceptors (Lipinski definition) is 4. The molecular weight excluding hydrogens is 214 g/mol. The molecule has 0 unspecified atom stereocenters. The standard InChI is InChI=1S/C10H11NO3S/c1-12-7-4-9-8(13-5-14-9)2-6(7)3-10(11)15/h2,4H,3,5H2,1H3,(H2,11,15). The Kier molecular flexibility index (Phi) is 2.64.